The van der Waals surface area contributed by atoms with Gasteiger partial charge in [0, 0.05) is 23.0 Å². The second-order valence-corrected chi connectivity index (χ2v) is 5.21. The summed E-state index contributed by atoms with van der Waals surface area (Å²) in [6.07, 6.45) is 1.78. The molecule has 3 nitrogen and oxygen atoms in total. The normalized spacial score (nSPS) is 10.8. The summed E-state index contributed by atoms with van der Waals surface area (Å²) in [5.41, 5.74) is 1.62. The zero-order valence-corrected chi connectivity index (χ0v) is 12.8. The van der Waals surface area contributed by atoms with Crippen molar-refractivity contribution < 1.29 is 9.90 Å². The Morgan fingerprint density at radius 2 is 2.00 bits per heavy atom. The van der Waals surface area contributed by atoms with Crippen LogP contribution in [0.3, 0.4) is 0 Å². The first-order valence-electron chi connectivity index (χ1n) is 6.76. The molecule has 0 heterocycles. The molecule has 0 saturated heterocycles. The van der Waals surface area contributed by atoms with Crippen molar-refractivity contribution in [1.29, 1.82) is 0 Å². The van der Waals surface area contributed by atoms with Gasteiger partial charge in [-0.3, -0.25) is 4.79 Å². The molecule has 0 radical (unpaired) electrons. The maximum atomic E-state index is 12.6. The summed E-state index contributed by atoms with van der Waals surface area (Å²) in [4.78, 5) is 15.2. The summed E-state index contributed by atoms with van der Waals surface area (Å²) in [7, 11) is 0. The Morgan fingerprint density at radius 1 is 1.37 bits per heavy atom. The summed E-state index contributed by atoms with van der Waals surface area (Å²) in [5.74, 6) is -0.0175. The summed E-state index contributed by atoms with van der Waals surface area (Å²) < 4.78 is 0. The lowest BCUT2D eigenvalue weighted by Crippen LogP contribution is -2.41. The average molecular weight is 281 g/mol. The second kappa shape index (κ2) is 7.56. The molecule has 0 bridgehead atoms. The van der Waals surface area contributed by atoms with Gasteiger partial charge in [0.25, 0.3) is 5.91 Å². The molecular weight excluding hydrogens is 258 g/mol. The second-order valence-electron chi connectivity index (χ2n) is 4.69. The van der Waals surface area contributed by atoms with Crippen LogP contribution in [-0.2, 0) is 0 Å². The fourth-order valence-electron chi connectivity index (χ4n) is 2.28. The van der Waals surface area contributed by atoms with E-state index in [0.717, 1.165) is 23.3 Å². The topological polar surface area (TPSA) is 40.5 Å². The fourth-order valence-corrected chi connectivity index (χ4v) is 2.49. The largest absolute Gasteiger partial charge is 0.395 e. The van der Waals surface area contributed by atoms with Gasteiger partial charge in [-0.15, -0.1) is 12.6 Å². The number of amides is 1. The molecule has 4 heteroatoms. The van der Waals surface area contributed by atoms with Crippen molar-refractivity contribution in [1.82, 2.24) is 4.90 Å². The molecule has 19 heavy (non-hydrogen) atoms. The monoisotopic (exact) mass is 281 g/mol. The van der Waals surface area contributed by atoms with Crippen LogP contribution in [0.2, 0.25) is 0 Å². The molecule has 0 aliphatic heterocycles. The van der Waals surface area contributed by atoms with Gasteiger partial charge in [0.15, 0.2) is 0 Å². The van der Waals surface area contributed by atoms with Crippen LogP contribution >= 0.6 is 12.6 Å². The van der Waals surface area contributed by atoms with E-state index in [0.29, 0.717) is 12.1 Å². The van der Waals surface area contributed by atoms with E-state index in [1.54, 1.807) is 11.0 Å². The first-order valence-corrected chi connectivity index (χ1v) is 7.21. The lowest BCUT2D eigenvalue weighted by atomic mass is 10.0. The standard InChI is InChI=1S/C15H23NO2S/c1-4-12(5-2)16(8-9-17)15(18)14-10-13(19)7-6-11(14)3/h6-7,10,12,17,19H,4-5,8-9H2,1-3H3. The molecule has 0 spiro atoms. The average Bonchev–Trinajstić information content (AvgIpc) is 2.41. The molecule has 0 atom stereocenters. The summed E-state index contributed by atoms with van der Waals surface area (Å²) in [5, 5.41) is 9.19. The van der Waals surface area contributed by atoms with Gasteiger partial charge in [-0.1, -0.05) is 19.9 Å². The van der Waals surface area contributed by atoms with Crippen molar-refractivity contribution in [3.63, 3.8) is 0 Å². The van der Waals surface area contributed by atoms with Gasteiger partial charge in [-0.25, -0.2) is 0 Å². The molecule has 1 amide bonds. The molecule has 0 saturated carbocycles. The highest BCUT2D eigenvalue weighted by atomic mass is 32.1. The molecule has 1 N–H and O–H groups in total. The molecule has 0 aliphatic carbocycles. The van der Waals surface area contributed by atoms with Crippen LogP contribution in [0.15, 0.2) is 23.1 Å². The number of thiol groups is 1. The Morgan fingerprint density at radius 3 is 2.53 bits per heavy atom. The van der Waals surface area contributed by atoms with E-state index in [-0.39, 0.29) is 18.6 Å². The van der Waals surface area contributed by atoms with Crippen molar-refractivity contribution in [2.75, 3.05) is 13.2 Å². The van der Waals surface area contributed by atoms with Crippen LogP contribution in [-0.4, -0.2) is 35.1 Å². The van der Waals surface area contributed by atoms with Crippen molar-refractivity contribution in [3.8, 4) is 0 Å². The first kappa shape index (κ1) is 16.1. The van der Waals surface area contributed by atoms with E-state index in [4.69, 9.17) is 0 Å². The number of carbonyl (C=O) groups excluding carboxylic acids is 1. The third-order valence-corrected chi connectivity index (χ3v) is 3.71. The van der Waals surface area contributed by atoms with Crippen molar-refractivity contribution in [3.05, 3.63) is 29.3 Å². The van der Waals surface area contributed by atoms with Crippen LogP contribution in [0, 0.1) is 6.92 Å². The smallest absolute Gasteiger partial charge is 0.254 e. The first-order chi connectivity index (χ1) is 9.04. The lowest BCUT2D eigenvalue weighted by molar-refractivity contribution is 0.0621. The number of nitrogens with zero attached hydrogens (tertiary/aromatic N) is 1. The summed E-state index contributed by atoms with van der Waals surface area (Å²) in [6, 6.07) is 5.75. The molecule has 1 rings (SSSR count). The molecule has 1 aromatic carbocycles. The Kier molecular flexibility index (Phi) is 6.38. The van der Waals surface area contributed by atoms with E-state index in [1.807, 2.05) is 19.1 Å². The number of aliphatic hydroxyl groups excluding tert-OH is 1. The highest BCUT2D eigenvalue weighted by molar-refractivity contribution is 7.80. The quantitative estimate of drug-likeness (QED) is 0.787. The molecule has 1 aromatic rings. The third-order valence-electron chi connectivity index (χ3n) is 3.44. The van der Waals surface area contributed by atoms with Crippen molar-refractivity contribution in [2.45, 2.75) is 44.6 Å². The fraction of sp³-hybridized carbons (Fsp3) is 0.533. The summed E-state index contributed by atoms with van der Waals surface area (Å²) >= 11 is 4.29. The minimum Gasteiger partial charge on any atom is -0.395 e. The predicted molar refractivity (Wildman–Crippen MR) is 80.9 cm³/mol. The van der Waals surface area contributed by atoms with Gasteiger partial charge in [-0.05, 0) is 37.5 Å². The van der Waals surface area contributed by atoms with Crippen molar-refractivity contribution in [2.24, 2.45) is 0 Å². The predicted octanol–water partition coefficient (Wildman–Crippen LogP) is 2.91. The molecule has 0 aliphatic rings. The Bertz CT molecular complexity index is 430. The SMILES string of the molecule is CCC(CC)N(CCO)C(=O)c1cc(S)ccc1C. The van der Waals surface area contributed by atoms with E-state index in [9.17, 15) is 9.90 Å². The van der Waals surface area contributed by atoms with Gasteiger partial charge < -0.3 is 10.0 Å². The highest BCUT2D eigenvalue weighted by Gasteiger charge is 2.23. The number of benzene rings is 1. The highest BCUT2D eigenvalue weighted by Crippen LogP contribution is 2.19. The van der Waals surface area contributed by atoms with Crippen LogP contribution in [0.5, 0.6) is 0 Å². The number of carbonyl (C=O) groups is 1. The number of aliphatic hydroxyl groups is 1. The zero-order valence-electron chi connectivity index (χ0n) is 11.9. The van der Waals surface area contributed by atoms with Gasteiger partial charge in [0.2, 0.25) is 0 Å². The maximum Gasteiger partial charge on any atom is 0.254 e. The van der Waals surface area contributed by atoms with E-state index in [2.05, 4.69) is 26.5 Å². The lowest BCUT2D eigenvalue weighted by Gasteiger charge is -2.30. The van der Waals surface area contributed by atoms with E-state index < -0.39 is 0 Å². The number of hydrogen-bond donors (Lipinski definition) is 2. The number of hydrogen-bond acceptors (Lipinski definition) is 3. The molecule has 0 unspecified atom stereocenters. The number of aryl methyl sites for hydroxylation is 1. The molecule has 0 fully saturated rings. The maximum absolute atomic E-state index is 12.6. The van der Waals surface area contributed by atoms with Crippen molar-refractivity contribution >= 4 is 18.5 Å². The van der Waals surface area contributed by atoms with Crippen LogP contribution in [0.1, 0.15) is 42.6 Å². The zero-order chi connectivity index (χ0) is 14.4. The molecule has 106 valence electrons. The Hall–Kier alpha value is -1.00. The Labute approximate surface area is 121 Å². The Balaban J connectivity index is 3.08. The van der Waals surface area contributed by atoms with Gasteiger partial charge in [0.05, 0.1) is 6.61 Å². The van der Waals surface area contributed by atoms with Crippen LogP contribution in [0.4, 0.5) is 0 Å². The molecule has 0 aromatic heterocycles. The minimum absolute atomic E-state index is 0.0121. The van der Waals surface area contributed by atoms with Crippen LogP contribution in [0.25, 0.3) is 0 Å². The van der Waals surface area contributed by atoms with E-state index >= 15 is 0 Å². The van der Waals surface area contributed by atoms with Crippen LogP contribution < -0.4 is 0 Å². The molecular formula is C15H23NO2S. The van der Waals surface area contributed by atoms with Gasteiger partial charge in [0.1, 0.15) is 0 Å². The van der Waals surface area contributed by atoms with Gasteiger partial charge in [-0.2, -0.15) is 0 Å². The number of rotatable bonds is 6. The minimum atomic E-state index is -0.0175. The third kappa shape index (κ3) is 3.98. The van der Waals surface area contributed by atoms with Gasteiger partial charge >= 0.3 is 0 Å². The van der Waals surface area contributed by atoms with E-state index in [1.165, 1.54) is 0 Å². The summed E-state index contributed by atoms with van der Waals surface area (Å²) in [6.45, 7) is 6.41.